The molecule has 1 aromatic carbocycles. The lowest BCUT2D eigenvalue weighted by atomic mass is 9.80. The van der Waals surface area contributed by atoms with Crippen LogP contribution in [0.1, 0.15) is 49.0 Å². The molecule has 20 heavy (non-hydrogen) atoms. The van der Waals surface area contributed by atoms with Crippen molar-refractivity contribution in [2.24, 2.45) is 11.8 Å². The lowest BCUT2D eigenvalue weighted by molar-refractivity contribution is 0.0600. The standard InChI is InChI=1S/C17H25NO2/c1-11-8-9-12(2)16(10-11)18-15-7-5-6-14(13(15)3)17(19)20-4/h5-7,11-12,16,18H,8-10H2,1-4H3. The van der Waals surface area contributed by atoms with Gasteiger partial charge in [-0.15, -0.1) is 0 Å². The number of nitrogens with one attached hydrogen (secondary N) is 1. The highest BCUT2D eigenvalue weighted by molar-refractivity contribution is 5.92. The highest BCUT2D eigenvalue weighted by Gasteiger charge is 2.26. The molecule has 0 heterocycles. The molecule has 0 spiro atoms. The molecule has 0 saturated heterocycles. The fraction of sp³-hybridized carbons (Fsp3) is 0.588. The number of hydrogen-bond acceptors (Lipinski definition) is 3. The minimum atomic E-state index is -0.267. The van der Waals surface area contributed by atoms with Gasteiger partial charge in [0, 0.05) is 11.7 Å². The molecule has 0 amide bonds. The summed E-state index contributed by atoms with van der Waals surface area (Å²) in [5.74, 6) is 1.18. The van der Waals surface area contributed by atoms with E-state index in [1.807, 2.05) is 25.1 Å². The van der Waals surface area contributed by atoms with E-state index in [-0.39, 0.29) is 5.97 Å². The molecule has 1 fully saturated rings. The van der Waals surface area contributed by atoms with Crippen LogP contribution in [0.3, 0.4) is 0 Å². The minimum Gasteiger partial charge on any atom is -0.465 e. The Kier molecular flexibility index (Phi) is 4.69. The van der Waals surface area contributed by atoms with Gasteiger partial charge >= 0.3 is 5.97 Å². The topological polar surface area (TPSA) is 38.3 Å². The molecular formula is C17H25NO2. The Labute approximate surface area is 121 Å². The van der Waals surface area contributed by atoms with Crippen molar-refractivity contribution >= 4 is 11.7 Å². The van der Waals surface area contributed by atoms with Gasteiger partial charge in [0.2, 0.25) is 0 Å². The third-order valence-electron chi connectivity index (χ3n) is 4.54. The molecule has 110 valence electrons. The zero-order valence-corrected chi connectivity index (χ0v) is 12.9. The molecule has 3 nitrogen and oxygen atoms in total. The maximum absolute atomic E-state index is 11.7. The van der Waals surface area contributed by atoms with Crippen molar-refractivity contribution in [1.82, 2.24) is 0 Å². The van der Waals surface area contributed by atoms with Crippen LogP contribution < -0.4 is 5.32 Å². The molecule has 0 aromatic heterocycles. The van der Waals surface area contributed by atoms with Gasteiger partial charge in [-0.25, -0.2) is 4.79 Å². The Bertz CT molecular complexity index is 484. The number of ether oxygens (including phenoxy) is 1. The highest BCUT2D eigenvalue weighted by Crippen LogP contribution is 2.32. The van der Waals surface area contributed by atoms with E-state index >= 15 is 0 Å². The molecule has 3 unspecified atom stereocenters. The zero-order valence-electron chi connectivity index (χ0n) is 12.9. The van der Waals surface area contributed by atoms with Crippen molar-refractivity contribution in [3.8, 4) is 0 Å². The summed E-state index contributed by atoms with van der Waals surface area (Å²) in [6.07, 6.45) is 3.79. The molecule has 1 N–H and O–H groups in total. The fourth-order valence-corrected chi connectivity index (χ4v) is 3.06. The molecule has 0 aliphatic heterocycles. The lowest BCUT2D eigenvalue weighted by Crippen LogP contribution is -2.33. The summed E-state index contributed by atoms with van der Waals surface area (Å²) in [5, 5.41) is 3.64. The van der Waals surface area contributed by atoms with Crippen LogP contribution in [0.15, 0.2) is 18.2 Å². The summed E-state index contributed by atoms with van der Waals surface area (Å²) in [6.45, 7) is 6.60. The van der Waals surface area contributed by atoms with Gasteiger partial charge in [-0.2, -0.15) is 0 Å². The Morgan fingerprint density at radius 1 is 1.30 bits per heavy atom. The second-order valence-electron chi connectivity index (χ2n) is 6.12. The van der Waals surface area contributed by atoms with E-state index in [2.05, 4.69) is 19.2 Å². The Balaban J connectivity index is 2.19. The molecule has 1 saturated carbocycles. The number of anilines is 1. The van der Waals surface area contributed by atoms with Crippen molar-refractivity contribution in [2.45, 2.75) is 46.1 Å². The average molecular weight is 275 g/mol. The van der Waals surface area contributed by atoms with Crippen LogP contribution >= 0.6 is 0 Å². The summed E-state index contributed by atoms with van der Waals surface area (Å²) in [6, 6.07) is 6.27. The third kappa shape index (κ3) is 3.14. The molecule has 3 heteroatoms. The predicted molar refractivity (Wildman–Crippen MR) is 82.1 cm³/mol. The van der Waals surface area contributed by atoms with Gasteiger partial charge in [0.25, 0.3) is 0 Å². The van der Waals surface area contributed by atoms with Crippen molar-refractivity contribution in [3.63, 3.8) is 0 Å². The number of carbonyl (C=O) groups excluding carboxylic acids is 1. The minimum absolute atomic E-state index is 0.267. The van der Waals surface area contributed by atoms with Crippen LogP contribution in [0.5, 0.6) is 0 Å². The third-order valence-corrected chi connectivity index (χ3v) is 4.54. The van der Waals surface area contributed by atoms with E-state index in [0.717, 1.165) is 17.2 Å². The average Bonchev–Trinajstić information content (AvgIpc) is 2.44. The Morgan fingerprint density at radius 2 is 2.05 bits per heavy atom. The van der Waals surface area contributed by atoms with Crippen LogP contribution in [-0.4, -0.2) is 19.1 Å². The maximum Gasteiger partial charge on any atom is 0.338 e. The Hall–Kier alpha value is -1.51. The van der Waals surface area contributed by atoms with Gasteiger partial charge in [-0.3, -0.25) is 0 Å². The number of esters is 1. The van der Waals surface area contributed by atoms with E-state index in [1.165, 1.54) is 26.4 Å². The SMILES string of the molecule is COC(=O)c1cccc(NC2CC(C)CCC2C)c1C. The largest absolute Gasteiger partial charge is 0.465 e. The maximum atomic E-state index is 11.7. The summed E-state index contributed by atoms with van der Waals surface area (Å²) in [7, 11) is 1.42. The van der Waals surface area contributed by atoms with Crippen LogP contribution in [0.2, 0.25) is 0 Å². The molecule has 2 rings (SSSR count). The van der Waals surface area contributed by atoms with Gasteiger partial charge in [0.05, 0.1) is 12.7 Å². The first-order chi connectivity index (χ1) is 9.52. The van der Waals surface area contributed by atoms with Crippen LogP contribution in [0.4, 0.5) is 5.69 Å². The van der Waals surface area contributed by atoms with Crippen molar-refractivity contribution < 1.29 is 9.53 Å². The Morgan fingerprint density at radius 3 is 2.75 bits per heavy atom. The summed E-state index contributed by atoms with van der Waals surface area (Å²) in [4.78, 5) is 11.7. The van der Waals surface area contributed by atoms with Crippen LogP contribution in [0.25, 0.3) is 0 Å². The molecule has 1 aliphatic carbocycles. The quantitative estimate of drug-likeness (QED) is 0.847. The molecule has 3 atom stereocenters. The summed E-state index contributed by atoms with van der Waals surface area (Å²) in [5.41, 5.74) is 2.68. The van der Waals surface area contributed by atoms with Crippen LogP contribution in [0, 0.1) is 18.8 Å². The second-order valence-corrected chi connectivity index (χ2v) is 6.12. The zero-order chi connectivity index (χ0) is 14.7. The normalized spacial score (nSPS) is 26.1. The fourth-order valence-electron chi connectivity index (χ4n) is 3.06. The van der Waals surface area contributed by atoms with E-state index in [0.29, 0.717) is 17.5 Å². The smallest absolute Gasteiger partial charge is 0.338 e. The molecular weight excluding hydrogens is 250 g/mol. The van der Waals surface area contributed by atoms with Gasteiger partial charge in [-0.1, -0.05) is 26.3 Å². The number of carbonyl (C=O) groups is 1. The summed E-state index contributed by atoms with van der Waals surface area (Å²) < 4.78 is 4.83. The van der Waals surface area contributed by atoms with Crippen molar-refractivity contribution in [2.75, 3.05) is 12.4 Å². The van der Waals surface area contributed by atoms with Crippen molar-refractivity contribution in [3.05, 3.63) is 29.3 Å². The molecule has 1 aromatic rings. The van der Waals surface area contributed by atoms with Gasteiger partial charge in [0.1, 0.15) is 0 Å². The second kappa shape index (κ2) is 6.29. The number of methoxy groups -OCH3 is 1. The molecule has 0 radical (unpaired) electrons. The van der Waals surface area contributed by atoms with Crippen molar-refractivity contribution in [1.29, 1.82) is 0 Å². The molecule has 0 bridgehead atoms. The number of rotatable bonds is 3. The van der Waals surface area contributed by atoms with E-state index in [4.69, 9.17) is 4.74 Å². The van der Waals surface area contributed by atoms with E-state index < -0.39 is 0 Å². The molecule has 1 aliphatic rings. The van der Waals surface area contributed by atoms with Gasteiger partial charge in [-0.05, 0) is 49.3 Å². The van der Waals surface area contributed by atoms with Gasteiger partial charge in [0.15, 0.2) is 0 Å². The number of hydrogen-bond donors (Lipinski definition) is 1. The first-order valence-corrected chi connectivity index (χ1v) is 7.47. The lowest BCUT2D eigenvalue weighted by Gasteiger charge is -2.34. The first-order valence-electron chi connectivity index (χ1n) is 7.47. The van der Waals surface area contributed by atoms with E-state index in [1.54, 1.807) is 0 Å². The highest BCUT2D eigenvalue weighted by atomic mass is 16.5. The van der Waals surface area contributed by atoms with Gasteiger partial charge < -0.3 is 10.1 Å². The summed E-state index contributed by atoms with van der Waals surface area (Å²) >= 11 is 0. The predicted octanol–water partition coefficient (Wildman–Crippen LogP) is 4.02. The monoisotopic (exact) mass is 275 g/mol. The van der Waals surface area contributed by atoms with E-state index in [9.17, 15) is 4.79 Å². The first kappa shape index (κ1) is 14.9. The number of benzene rings is 1. The van der Waals surface area contributed by atoms with Crippen LogP contribution in [-0.2, 0) is 4.74 Å².